The van der Waals surface area contributed by atoms with E-state index in [0.29, 0.717) is 6.04 Å². The minimum Gasteiger partial charge on any atom is -0.497 e. The Morgan fingerprint density at radius 1 is 1.29 bits per heavy atom. The van der Waals surface area contributed by atoms with E-state index >= 15 is 0 Å². The molecule has 0 aliphatic rings. The second kappa shape index (κ2) is 7.84. The van der Waals surface area contributed by atoms with Gasteiger partial charge in [0.15, 0.2) is 0 Å². The van der Waals surface area contributed by atoms with Crippen molar-refractivity contribution in [1.82, 2.24) is 14.9 Å². The molecule has 1 atom stereocenters. The summed E-state index contributed by atoms with van der Waals surface area (Å²) in [6.45, 7) is 3.20. The van der Waals surface area contributed by atoms with Crippen molar-refractivity contribution in [3.63, 3.8) is 0 Å². The van der Waals surface area contributed by atoms with E-state index in [2.05, 4.69) is 35.6 Å². The number of benzene rings is 1. The molecule has 0 saturated carbocycles. The average Bonchev–Trinajstić information content (AvgIpc) is 2.94. The highest BCUT2D eigenvalue weighted by Crippen LogP contribution is 2.19. The van der Waals surface area contributed by atoms with Crippen molar-refractivity contribution in [2.75, 3.05) is 13.7 Å². The molecule has 2 rings (SSSR count). The SMILES string of the molecule is CCCNC(CCc1ccc(OC)cc1)c1cn(C)cn1. The van der Waals surface area contributed by atoms with Gasteiger partial charge < -0.3 is 14.6 Å². The third-order valence-corrected chi connectivity index (χ3v) is 3.60. The van der Waals surface area contributed by atoms with Crippen molar-refractivity contribution in [3.8, 4) is 5.75 Å². The van der Waals surface area contributed by atoms with Crippen LogP contribution in [-0.2, 0) is 13.5 Å². The van der Waals surface area contributed by atoms with E-state index in [0.717, 1.165) is 37.3 Å². The Labute approximate surface area is 127 Å². The van der Waals surface area contributed by atoms with E-state index in [1.54, 1.807) is 7.11 Å². The number of nitrogens with zero attached hydrogens (tertiary/aromatic N) is 2. The first-order chi connectivity index (χ1) is 10.2. The van der Waals surface area contributed by atoms with Crippen LogP contribution in [0.15, 0.2) is 36.8 Å². The highest BCUT2D eigenvalue weighted by atomic mass is 16.5. The Morgan fingerprint density at radius 3 is 2.62 bits per heavy atom. The molecule has 0 aliphatic heterocycles. The lowest BCUT2D eigenvalue weighted by Gasteiger charge is -2.16. The monoisotopic (exact) mass is 287 g/mol. The summed E-state index contributed by atoms with van der Waals surface area (Å²) in [5.41, 5.74) is 2.45. The lowest BCUT2D eigenvalue weighted by Crippen LogP contribution is -2.23. The van der Waals surface area contributed by atoms with Gasteiger partial charge in [-0.3, -0.25) is 0 Å². The molecule has 0 spiro atoms. The number of hydrogen-bond acceptors (Lipinski definition) is 3. The van der Waals surface area contributed by atoms with E-state index in [1.165, 1.54) is 5.56 Å². The Kier molecular flexibility index (Phi) is 5.81. The van der Waals surface area contributed by atoms with Gasteiger partial charge >= 0.3 is 0 Å². The molecule has 1 heterocycles. The van der Waals surface area contributed by atoms with Crippen molar-refractivity contribution < 1.29 is 4.74 Å². The van der Waals surface area contributed by atoms with Crippen molar-refractivity contribution >= 4 is 0 Å². The maximum Gasteiger partial charge on any atom is 0.118 e. The summed E-state index contributed by atoms with van der Waals surface area (Å²) in [6, 6.07) is 8.62. The van der Waals surface area contributed by atoms with E-state index in [4.69, 9.17) is 4.74 Å². The second-order valence-electron chi connectivity index (χ2n) is 5.36. The minimum atomic E-state index is 0.313. The predicted octanol–water partition coefficient (Wildman–Crippen LogP) is 3.10. The molecule has 0 amide bonds. The topological polar surface area (TPSA) is 39.1 Å². The van der Waals surface area contributed by atoms with E-state index in [1.807, 2.05) is 30.1 Å². The van der Waals surface area contributed by atoms with Crippen LogP contribution in [0.3, 0.4) is 0 Å². The summed E-state index contributed by atoms with van der Waals surface area (Å²) < 4.78 is 7.20. The average molecular weight is 287 g/mol. The zero-order chi connectivity index (χ0) is 15.1. The van der Waals surface area contributed by atoms with Gasteiger partial charge in [-0.2, -0.15) is 0 Å². The molecule has 114 valence electrons. The van der Waals surface area contributed by atoms with Gasteiger partial charge in [0, 0.05) is 13.2 Å². The van der Waals surface area contributed by atoms with Crippen molar-refractivity contribution in [1.29, 1.82) is 0 Å². The van der Waals surface area contributed by atoms with Crippen LogP contribution in [0, 0.1) is 0 Å². The van der Waals surface area contributed by atoms with Crippen LogP contribution < -0.4 is 10.1 Å². The Hall–Kier alpha value is -1.81. The number of nitrogens with one attached hydrogen (secondary N) is 1. The number of aromatic nitrogens is 2. The third kappa shape index (κ3) is 4.60. The van der Waals surface area contributed by atoms with Gasteiger partial charge in [-0.15, -0.1) is 0 Å². The summed E-state index contributed by atoms with van der Waals surface area (Å²) in [4.78, 5) is 4.49. The molecular formula is C17H25N3O. The predicted molar refractivity (Wildman–Crippen MR) is 85.6 cm³/mol. The van der Waals surface area contributed by atoms with E-state index < -0.39 is 0 Å². The van der Waals surface area contributed by atoms with Crippen LogP contribution in [0.5, 0.6) is 5.75 Å². The van der Waals surface area contributed by atoms with Crippen LogP contribution in [-0.4, -0.2) is 23.2 Å². The van der Waals surface area contributed by atoms with Gasteiger partial charge in [-0.1, -0.05) is 19.1 Å². The molecule has 4 heteroatoms. The van der Waals surface area contributed by atoms with Gasteiger partial charge in [-0.25, -0.2) is 4.98 Å². The fraction of sp³-hybridized carbons (Fsp3) is 0.471. The first-order valence-corrected chi connectivity index (χ1v) is 7.57. The zero-order valence-electron chi connectivity index (χ0n) is 13.2. The molecule has 0 bridgehead atoms. The highest BCUT2D eigenvalue weighted by molar-refractivity contribution is 5.27. The minimum absolute atomic E-state index is 0.313. The number of ether oxygens (including phenoxy) is 1. The lowest BCUT2D eigenvalue weighted by molar-refractivity contribution is 0.414. The summed E-state index contributed by atoms with van der Waals surface area (Å²) >= 11 is 0. The van der Waals surface area contributed by atoms with Gasteiger partial charge in [0.2, 0.25) is 0 Å². The van der Waals surface area contributed by atoms with Gasteiger partial charge in [0.25, 0.3) is 0 Å². The first kappa shape index (κ1) is 15.6. The summed E-state index contributed by atoms with van der Waals surface area (Å²) in [5, 5.41) is 3.59. The van der Waals surface area contributed by atoms with Crippen LogP contribution in [0.25, 0.3) is 0 Å². The second-order valence-corrected chi connectivity index (χ2v) is 5.36. The van der Waals surface area contributed by atoms with Gasteiger partial charge in [-0.05, 0) is 43.5 Å². The van der Waals surface area contributed by atoms with Crippen molar-refractivity contribution in [3.05, 3.63) is 48.0 Å². The molecule has 0 aliphatic carbocycles. The number of rotatable bonds is 8. The molecule has 4 nitrogen and oxygen atoms in total. The fourth-order valence-electron chi connectivity index (χ4n) is 2.39. The van der Waals surface area contributed by atoms with Crippen molar-refractivity contribution in [2.45, 2.75) is 32.2 Å². The molecule has 0 fully saturated rings. The van der Waals surface area contributed by atoms with Crippen LogP contribution >= 0.6 is 0 Å². The summed E-state index contributed by atoms with van der Waals surface area (Å²) in [5.74, 6) is 0.907. The molecule has 1 aromatic carbocycles. The van der Waals surface area contributed by atoms with Gasteiger partial charge in [0.05, 0.1) is 25.2 Å². The number of aryl methyl sites for hydroxylation is 2. The largest absolute Gasteiger partial charge is 0.497 e. The summed E-state index contributed by atoms with van der Waals surface area (Å²) in [7, 11) is 3.71. The molecule has 2 aromatic rings. The Morgan fingerprint density at radius 2 is 2.05 bits per heavy atom. The van der Waals surface area contributed by atoms with Crippen molar-refractivity contribution in [2.24, 2.45) is 7.05 Å². The number of imidazole rings is 1. The smallest absolute Gasteiger partial charge is 0.118 e. The third-order valence-electron chi connectivity index (χ3n) is 3.60. The summed E-state index contributed by atoms with van der Waals surface area (Å²) in [6.07, 6.45) is 7.17. The number of hydrogen-bond donors (Lipinski definition) is 1. The zero-order valence-corrected chi connectivity index (χ0v) is 13.2. The molecule has 1 aromatic heterocycles. The molecule has 0 radical (unpaired) electrons. The molecular weight excluding hydrogens is 262 g/mol. The lowest BCUT2D eigenvalue weighted by atomic mass is 10.0. The Bertz CT molecular complexity index is 533. The van der Waals surface area contributed by atoms with Gasteiger partial charge in [0.1, 0.15) is 5.75 Å². The van der Waals surface area contributed by atoms with Crippen LogP contribution in [0.1, 0.15) is 37.1 Å². The van der Waals surface area contributed by atoms with E-state index in [-0.39, 0.29) is 0 Å². The molecule has 21 heavy (non-hydrogen) atoms. The maximum absolute atomic E-state index is 5.19. The quantitative estimate of drug-likeness (QED) is 0.811. The molecule has 0 saturated heterocycles. The van der Waals surface area contributed by atoms with Crippen LogP contribution in [0.4, 0.5) is 0 Å². The number of methoxy groups -OCH3 is 1. The molecule has 1 N–H and O–H groups in total. The van der Waals surface area contributed by atoms with E-state index in [9.17, 15) is 0 Å². The standard InChI is InChI=1S/C17H25N3O/c1-4-11-18-16(17-12-20(2)13-19-17)10-7-14-5-8-15(21-3)9-6-14/h5-6,8-9,12-13,16,18H,4,7,10-11H2,1-3H3. The fourth-order valence-corrected chi connectivity index (χ4v) is 2.39. The Balaban J connectivity index is 1.97. The van der Waals surface area contributed by atoms with Crippen LogP contribution in [0.2, 0.25) is 0 Å². The maximum atomic E-state index is 5.19. The normalized spacial score (nSPS) is 12.3. The first-order valence-electron chi connectivity index (χ1n) is 7.57. The molecule has 1 unspecified atom stereocenters. The highest BCUT2D eigenvalue weighted by Gasteiger charge is 2.13.